The fourth-order valence-electron chi connectivity index (χ4n) is 4.04. The molecule has 0 amide bonds. The summed E-state index contributed by atoms with van der Waals surface area (Å²) in [6.07, 6.45) is 1.33. The Labute approximate surface area is 148 Å². The van der Waals surface area contributed by atoms with Crippen LogP contribution in [-0.2, 0) is 0 Å². The molecule has 23 heavy (non-hydrogen) atoms. The van der Waals surface area contributed by atoms with Gasteiger partial charge in [0.1, 0.15) is 0 Å². The van der Waals surface area contributed by atoms with Crippen molar-refractivity contribution >= 4 is 11.8 Å². The largest absolute Gasteiger partial charge is 0.122 e. The van der Waals surface area contributed by atoms with Crippen LogP contribution in [0.2, 0.25) is 0 Å². The Hall–Kier alpha value is -0.430. The van der Waals surface area contributed by atoms with E-state index in [0.29, 0.717) is 23.0 Å². The number of fused-ring (bicyclic) bond motifs is 1. The first kappa shape index (κ1) is 18.9. The molecule has 0 fully saturated rings. The lowest BCUT2D eigenvalue weighted by atomic mass is 9.74. The quantitative estimate of drug-likeness (QED) is 0.546. The third-order valence-corrected chi connectivity index (χ3v) is 7.79. The van der Waals surface area contributed by atoms with Crippen molar-refractivity contribution in [3.05, 3.63) is 28.3 Å². The highest BCUT2D eigenvalue weighted by Gasteiger charge is 2.33. The standard InChI is InChI=1S/C22H36S/c1-12(2)19-10-14(5)16(7)18(9)23-22-17(8)15(6)11-20(13(3)4)21(19)22/h11-14,16,18-19H,10H2,1-9H3/t14-,16-,18-,19?/m1/s1. The van der Waals surface area contributed by atoms with Crippen LogP contribution in [0.4, 0.5) is 0 Å². The summed E-state index contributed by atoms with van der Waals surface area (Å²) in [5.41, 5.74) is 6.28. The van der Waals surface area contributed by atoms with Gasteiger partial charge in [-0.1, -0.05) is 54.5 Å². The van der Waals surface area contributed by atoms with Gasteiger partial charge in [-0.25, -0.2) is 0 Å². The smallest absolute Gasteiger partial charge is 0.0144 e. The number of hydrogen-bond acceptors (Lipinski definition) is 1. The maximum absolute atomic E-state index is 2.48. The van der Waals surface area contributed by atoms with Gasteiger partial charge >= 0.3 is 0 Å². The van der Waals surface area contributed by atoms with Gasteiger partial charge in [-0.15, -0.1) is 11.8 Å². The first-order valence-electron chi connectivity index (χ1n) is 9.45. The lowest BCUT2D eigenvalue weighted by Gasteiger charge is -2.38. The van der Waals surface area contributed by atoms with Gasteiger partial charge in [0, 0.05) is 10.1 Å². The molecule has 0 radical (unpaired) electrons. The molecule has 0 nitrogen and oxygen atoms in total. The zero-order chi connectivity index (χ0) is 17.5. The highest BCUT2D eigenvalue weighted by atomic mass is 32.2. The molecule has 0 bridgehead atoms. The van der Waals surface area contributed by atoms with Gasteiger partial charge in [0.05, 0.1) is 0 Å². The van der Waals surface area contributed by atoms with Crippen LogP contribution in [0.5, 0.6) is 0 Å². The van der Waals surface area contributed by atoms with E-state index in [1.807, 2.05) is 0 Å². The Morgan fingerprint density at radius 1 is 1.04 bits per heavy atom. The molecule has 130 valence electrons. The minimum absolute atomic E-state index is 0.604. The molecule has 1 aliphatic heterocycles. The molecule has 0 saturated carbocycles. The van der Waals surface area contributed by atoms with Gasteiger partial charge < -0.3 is 0 Å². The lowest BCUT2D eigenvalue weighted by Crippen LogP contribution is -2.26. The number of aryl methyl sites for hydroxylation is 1. The van der Waals surface area contributed by atoms with Crippen molar-refractivity contribution in [2.75, 3.05) is 0 Å². The normalized spacial score (nSPS) is 28.7. The molecule has 1 aromatic carbocycles. The third kappa shape index (κ3) is 3.65. The maximum Gasteiger partial charge on any atom is 0.0144 e. The van der Waals surface area contributed by atoms with Crippen LogP contribution < -0.4 is 0 Å². The minimum atomic E-state index is 0.604. The second kappa shape index (κ2) is 7.21. The van der Waals surface area contributed by atoms with Crippen LogP contribution >= 0.6 is 11.8 Å². The minimum Gasteiger partial charge on any atom is -0.122 e. The van der Waals surface area contributed by atoms with Crippen LogP contribution in [0.15, 0.2) is 11.0 Å². The molecule has 0 N–H and O–H groups in total. The first-order valence-corrected chi connectivity index (χ1v) is 10.3. The first-order chi connectivity index (χ1) is 10.6. The van der Waals surface area contributed by atoms with Gasteiger partial charge in [0.2, 0.25) is 0 Å². The van der Waals surface area contributed by atoms with Crippen LogP contribution in [-0.4, -0.2) is 5.25 Å². The zero-order valence-corrected chi connectivity index (χ0v) is 17.5. The predicted octanol–water partition coefficient (Wildman–Crippen LogP) is 7.32. The average molecular weight is 333 g/mol. The monoisotopic (exact) mass is 332 g/mol. The Bertz CT molecular complexity index is 556. The van der Waals surface area contributed by atoms with Crippen molar-refractivity contribution in [2.45, 2.75) is 90.7 Å². The highest BCUT2D eigenvalue weighted by Crippen LogP contribution is 2.49. The summed E-state index contributed by atoms with van der Waals surface area (Å²) in [6.45, 7) is 21.6. The molecular formula is C22H36S. The molecule has 1 aliphatic rings. The summed E-state index contributed by atoms with van der Waals surface area (Å²) < 4.78 is 0. The van der Waals surface area contributed by atoms with Crippen molar-refractivity contribution in [3.8, 4) is 0 Å². The molecule has 1 heteroatoms. The molecule has 1 unspecified atom stereocenters. The van der Waals surface area contributed by atoms with Gasteiger partial charge in [-0.3, -0.25) is 0 Å². The van der Waals surface area contributed by atoms with Gasteiger partial charge in [-0.2, -0.15) is 0 Å². The zero-order valence-electron chi connectivity index (χ0n) is 16.7. The second-order valence-corrected chi connectivity index (χ2v) is 9.94. The lowest BCUT2D eigenvalue weighted by molar-refractivity contribution is 0.300. The molecule has 0 spiro atoms. The number of rotatable bonds is 2. The van der Waals surface area contributed by atoms with Crippen molar-refractivity contribution in [1.82, 2.24) is 0 Å². The van der Waals surface area contributed by atoms with E-state index in [9.17, 15) is 0 Å². The Morgan fingerprint density at radius 3 is 2.17 bits per heavy atom. The number of thioether (sulfide) groups is 1. The second-order valence-electron chi connectivity index (χ2n) is 8.55. The van der Waals surface area contributed by atoms with Crippen molar-refractivity contribution in [3.63, 3.8) is 0 Å². The summed E-state index contributed by atoms with van der Waals surface area (Å²) in [5, 5.41) is 0.692. The molecule has 4 atom stereocenters. The molecule has 0 aromatic heterocycles. The fourth-order valence-corrected chi connectivity index (χ4v) is 5.63. The molecular weight excluding hydrogens is 296 g/mol. The van der Waals surface area contributed by atoms with E-state index in [-0.39, 0.29) is 0 Å². The van der Waals surface area contributed by atoms with E-state index in [0.717, 1.165) is 11.8 Å². The maximum atomic E-state index is 2.48. The molecule has 0 saturated heterocycles. The van der Waals surface area contributed by atoms with Crippen LogP contribution in [0.1, 0.15) is 89.0 Å². The summed E-state index contributed by atoms with van der Waals surface area (Å²) >= 11 is 2.15. The van der Waals surface area contributed by atoms with Crippen LogP contribution in [0.25, 0.3) is 0 Å². The topological polar surface area (TPSA) is 0 Å². The number of benzene rings is 1. The molecule has 2 rings (SSSR count). The average Bonchev–Trinajstić information content (AvgIpc) is 2.47. The van der Waals surface area contributed by atoms with E-state index in [2.05, 4.69) is 80.1 Å². The Kier molecular flexibility index (Phi) is 5.93. The van der Waals surface area contributed by atoms with Crippen molar-refractivity contribution in [2.24, 2.45) is 17.8 Å². The highest BCUT2D eigenvalue weighted by molar-refractivity contribution is 8.00. The summed E-state index contributed by atoms with van der Waals surface area (Å²) in [5.74, 6) is 3.57. The molecule has 0 aliphatic carbocycles. The van der Waals surface area contributed by atoms with E-state index in [1.54, 1.807) is 16.0 Å². The number of hydrogen-bond donors (Lipinski definition) is 0. The summed E-state index contributed by atoms with van der Waals surface area (Å²) in [6, 6.07) is 2.48. The van der Waals surface area contributed by atoms with Crippen LogP contribution in [0, 0.1) is 31.6 Å². The van der Waals surface area contributed by atoms with E-state index >= 15 is 0 Å². The Balaban J connectivity index is 2.74. The van der Waals surface area contributed by atoms with E-state index < -0.39 is 0 Å². The summed E-state index contributed by atoms with van der Waals surface area (Å²) in [7, 11) is 0. The van der Waals surface area contributed by atoms with Gasteiger partial charge in [0.25, 0.3) is 0 Å². The van der Waals surface area contributed by atoms with E-state index in [4.69, 9.17) is 0 Å². The molecule has 1 aromatic rings. The third-order valence-electron chi connectivity index (χ3n) is 6.22. The van der Waals surface area contributed by atoms with E-state index in [1.165, 1.54) is 17.5 Å². The Morgan fingerprint density at radius 2 is 1.65 bits per heavy atom. The fraction of sp³-hybridized carbons (Fsp3) is 0.727. The SMILES string of the molecule is Cc1cc(C(C)C)c2c(c1C)S[C@H](C)[C@H](C)[C@H](C)CC2C(C)C. The summed E-state index contributed by atoms with van der Waals surface area (Å²) in [4.78, 5) is 1.61. The van der Waals surface area contributed by atoms with Gasteiger partial charge in [-0.05, 0) is 72.1 Å². The van der Waals surface area contributed by atoms with Crippen molar-refractivity contribution < 1.29 is 0 Å². The molecule has 1 heterocycles. The van der Waals surface area contributed by atoms with Gasteiger partial charge in [0.15, 0.2) is 0 Å². The predicted molar refractivity (Wildman–Crippen MR) is 106 cm³/mol. The van der Waals surface area contributed by atoms with Crippen LogP contribution in [0.3, 0.4) is 0 Å². The van der Waals surface area contributed by atoms with Crippen molar-refractivity contribution in [1.29, 1.82) is 0 Å².